The van der Waals surface area contributed by atoms with Crippen LogP contribution in [0.5, 0.6) is 0 Å². The minimum Gasteiger partial charge on any atom is -0.346 e. The van der Waals surface area contributed by atoms with E-state index in [1.54, 1.807) is 19.1 Å². The smallest absolute Gasteiger partial charge is 0.251 e. The van der Waals surface area contributed by atoms with Gasteiger partial charge in [-0.15, -0.1) is 0 Å². The van der Waals surface area contributed by atoms with Gasteiger partial charge in [0.1, 0.15) is 5.82 Å². The van der Waals surface area contributed by atoms with Crippen LogP contribution in [0.1, 0.15) is 29.3 Å². The number of rotatable bonds is 2. The summed E-state index contributed by atoms with van der Waals surface area (Å²) in [4.78, 5) is 12.0. The van der Waals surface area contributed by atoms with Crippen molar-refractivity contribution in [3.05, 3.63) is 35.1 Å². The molecule has 1 amide bonds. The molecule has 3 nitrogen and oxygen atoms in total. The van der Waals surface area contributed by atoms with Crippen LogP contribution in [0, 0.1) is 12.7 Å². The largest absolute Gasteiger partial charge is 0.346 e. The first-order chi connectivity index (χ1) is 8.00. The molecule has 2 rings (SSSR count). The third-order valence-electron chi connectivity index (χ3n) is 3.22. The van der Waals surface area contributed by atoms with Crippen molar-refractivity contribution in [2.24, 2.45) is 0 Å². The maximum atomic E-state index is 13.4. The first-order valence-electron chi connectivity index (χ1n) is 5.80. The second-order valence-electron chi connectivity index (χ2n) is 4.91. The maximum absolute atomic E-state index is 13.4. The molecule has 1 aliphatic heterocycles. The predicted octanol–water partition coefficient (Wildman–Crippen LogP) is 1.62. The summed E-state index contributed by atoms with van der Waals surface area (Å²) in [5.74, 6) is -0.553. The van der Waals surface area contributed by atoms with E-state index in [4.69, 9.17) is 0 Å². The Morgan fingerprint density at radius 1 is 1.53 bits per heavy atom. The van der Waals surface area contributed by atoms with Gasteiger partial charge < -0.3 is 10.6 Å². The van der Waals surface area contributed by atoms with Crippen LogP contribution in [-0.2, 0) is 0 Å². The molecule has 0 radical (unpaired) electrons. The molecule has 0 spiro atoms. The van der Waals surface area contributed by atoms with E-state index in [1.165, 1.54) is 6.07 Å². The third-order valence-corrected chi connectivity index (χ3v) is 3.22. The Morgan fingerprint density at radius 2 is 2.29 bits per heavy atom. The van der Waals surface area contributed by atoms with Crippen molar-refractivity contribution < 1.29 is 9.18 Å². The summed E-state index contributed by atoms with van der Waals surface area (Å²) < 4.78 is 13.4. The first-order valence-corrected chi connectivity index (χ1v) is 5.80. The van der Waals surface area contributed by atoms with Crippen LogP contribution in [0.4, 0.5) is 4.39 Å². The molecule has 0 aliphatic carbocycles. The lowest BCUT2D eigenvalue weighted by atomic mass is 10.0. The van der Waals surface area contributed by atoms with Gasteiger partial charge in [-0.1, -0.05) is 6.07 Å². The first kappa shape index (κ1) is 12.0. The quantitative estimate of drug-likeness (QED) is 0.819. The zero-order valence-corrected chi connectivity index (χ0v) is 10.1. The van der Waals surface area contributed by atoms with Gasteiger partial charge in [0.15, 0.2) is 0 Å². The lowest BCUT2D eigenvalue weighted by molar-refractivity contribution is 0.0912. The number of hydrogen-bond acceptors (Lipinski definition) is 2. The highest BCUT2D eigenvalue weighted by Crippen LogP contribution is 2.15. The fraction of sp³-hybridized carbons (Fsp3) is 0.462. The van der Waals surface area contributed by atoms with E-state index in [0.717, 1.165) is 19.5 Å². The molecular formula is C13H17FN2O. The Kier molecular flexibility index (Phi) is 3.15. The number of hydrogen-bond donors (Lipinski definition) is 2. The van der Waals surface area contributed by atoms with Gasteiger partial charge >= 0.3 is 0 Å². The van der Waals surface area contributed by atoms with Gasteiger partial charge in [0.2, 0.25) is 0 Å². The van der Waals surface area contributed by atoms with E-state index >= 15 is 0 Å². The molecule has 0 aromatic heterocycles. The Hall–Kier alpha value is -1.42. The molecule has 92 valence electrons. The molecule has 2 N–H and O–H groups in total. The lowest BCUT2D eigenvalue weighted by Crippen LogP contribution is -2.47. The number of benzene rings is 1. The normalized spacial score (nSPS) is 23.7. The van der Waals surface area contributed by atoms with Gasteiger partial charge in [-0.25, -0.2) is 4.39 Å². The van der Waals surface area contributed by atoms with Gasteiger partial charge in [-0.05, 0) is 44.5 Å². The summed E-state index contributed by atoms with van der Waals surface area (Å²) in [5, 5.41) is 6.15. The Morgan fingerprint density at radius 3 is 2.88 bits per heavy atom. The van der Waals surface area contributed by atoms with E-state index in [0.29, 0.717) is 11.1 Å². The maximum Gasteiger partial charge on any atom is 0.251 e. The highest BCUT2D eigenvalue weighted by atomic mass is 19.1. The van der Waals surface area contributed by atoms with Gasteiger partial charge in [0.05, 0.1) is 5.54 Å². The van der Waals surface area contributed by atoms with Crippen molar-refractivity contribution in [2.75, 3.05) is 13.1 Å². The molecule has 17 heavy (non-hydrogen) atoms. The molecular weight excluding hydrogens is 219 g/mol. The van der Waals surface area contributed by atoms with E-state index in [2.05, 4.69) is 10.6 Å². The Labute approximate surface area is 100 Å². The van der Waals surface area contributed by atoms with E-state index in [9.17, 15) is 9.18 Å². The molecule has 1 aliphatic rings. The number of nitrogens with one attached hydrogen (secondary N) is 2. The molecule has 1 atom stereocenters. The third kappa shape index (κ3) is 2.64. The molecule has 1 saturated heterocycles. The zero-order chi connectivity index (χ0) is 12.5. The minimum absolute atomic E-state index is 0.213. The minimum atomic E-state index is -0.340. The van der Waals surface area contributed by atoms with Crippen LogP contribution >= 0.6 is 0 Å². The number of halogens is 1. The summed E-state index contributed by atoms with van der Waals surface area (Å²) in [7, 11) is 0. The highest BCUT2D eigenvalue weighted by Gasteiger charge is 2.30. The van der Waals surface area contributed by atoms with Crippen molar-refractivity contribution in [3.63, 3.8) is 0 Å². The SMILES string of the molecule is Cc1ccc(C(=O)NC2(C)CCNC2)cc1F. The van der Waals surface area contributed by atoms with E-state index in [-0.39, 0.29) is 17.3 Å². The molecule has 1 fully saturated rings. The van der Waals surface area contributed by atoms with Gasteiger partial charge in [0.25, 0.3) is 5.91 Å². The van der Waals surface area contributed by atoms with Crippen molar-refractivity contribution >= 4 is 5.91 Å². The van der Waals surface area contributed by atoms with Crippen LogP contribution in [0.25, 0.3) is 0 Å². The summed E-state index contributed by atoms with van der Waals surface area (Å²) in [6.45, 7) is 5.33. The lowest BCUT2D eigenvalue weighted by Gasteiger charge is -2.24. The van der Waals surface area contributed by atoms with Crippen molar-refractivity contribution in [1.29, 1.82) is 0 Å². The Bertz CT molecular complexity index is 439. The number of carbonyl (C=O) groups excluding carboxylic acids is 1. The highest BCUT2D eigenvalue weighted by molar-refractivity contribution is 5.94. The van der Waals surface area contributed by atoms with Crippen molar-refractivity contribution in [3.8, 4) is 0 Å². The average Bonchev–Trinajstić information content (AvgIpc) is 2.69. The summed E-state index contributed by atoms with van der Waals surface area (Å²) in [6, 6.07) is 4.56. The molecule has 1 unspecified atom stereocenters. The van der Waals surface area contributed by atoms with Crippen LogP contribution in [0.3, 0.4) is 0 Å². The van der Waals surface area contributed by atoms with Gasteiger partial charge in [-0.2, -0.15) is 0 Å². The van der Waals surface area contributed by atoms with Crippen LogP contribution in [0.15, 0.2) is 18.2 Å². The second-order valence-corrected chi connectivity index (χ2v) is 4.91. The van der Waals surface area contributed by atoms with E-state index < -0.39 is 0 Å². The monoisotopic (exact) mass is 236 g/mol. The molecule has 4 heteroatoms. The van der Waals surface area contributed by atoms with Crippen LogP contribution in [-0.4, -0.2) is 24.5 Å². The number of amides is 1. The molecule has 0 saturated carbocycles. The summed E-state index contributed by atoms with van der Waals surface area (Å²) in [6.07, 6.45) is 0.896. The fourth-order valence-electron chi connectivity index (χ4n) is 2.00. The van der Waals surface area contributed by atoms with Crippen molar-refractivity contribution in [2.45, 2.75) is 25.8 Å². The average molecular weight is 236 g/mol. The van der Waals surface area contributed by atoms with Crippen LogP contribution < -0.4 is 10.6 Å². The molecule has 1 aromatic carbocycles. The molecule has 0 bridgehead atoms. The molecule has 1 heterocycles. The zero-order valence-electron chi connectivity index (χ0n) is 10.1. The number of carbonyl (C=O) groups is 1. The van der Waals surface area contributed by atoms with Gasteiger partial charge in [-0.3, -0.25) is 4.79 Å². The van der Waals surface area contributed by atoms with E-state index in [1.807, 2.05) is 6.92 Å². The summed E-state index contributed by atoms with van der Waals surface area (Å²) in [5.41, 5.74) is 0.704. The topological polar surface area (TPSA) is 41.1 Å². The second kappa shape index (κ2) is 4.45. The van der Waals surface area contributed by atoms with Crippen LogP contribution in [0.2, 0.25) is 0 Å². The summed E-state index contributed by atoms with van der Waals surface area (Å²) >= 11 is 0. The molecule has 1 aromatic rings. The Balaban J connectivity index is 2.11. The fourth-order valence-corrected chi connectivity index (χ4v) is 2.00. The predicted molar refractivity (Wildman–Crippen MR) is 64.5 cm³/mol. The standard InChI is InChI=1S/C13H17FN2O/c1-9-3-4-10(7-11(9)14)12(17)16-13(2)5-6-15-8-13/h3-4,7,15H,5-6,8H2,1-2H3,(H,16,17). The number of aryl methyl sites for hydroxylation is 1. The van der Waals surface area contributed by atoms with Gasteiger partial charge in [0, 0.05) is 12.1 Å². The van der Waals surface area contributed by atoms with Crippen molar-refractivity contribution in [1.82, 2.24) is 10.6 Å².